The molecule has 0 radical (unpaired) electrons. The van der Waals surface area contributed by atoms with Gasteiger partial charge in [0.1, 0.15) is 5.69 Å². The van der Waals surface area contributed by atoms with Gasteiger partial charge in [-0.2, -0.15) is 18.3 Å². The second-order valence-corrected chi connectivity index (χ2v) is 6.64. The van der Waals surface area contributed by atoms with Crippen LogP contribution in [0.4, 0.5) is 23.2 Å². The van der Waals surface area contributed by atoms with E-state index < -0.39 is 29.9 Å². The Labute approximate surface area is 153 Å². The van der Waals surface area contributed by atoms with E-state index in [2.05, 4.69) is 15.7 Å². The normalized spacial score (nSPS) is 20.3. The van der Waals surface area contributed by atoms with Gasteiger partial charge in [-0.05, 0) is 43.5 Å². The number of anilines is 1. The highest BCUT2D eigenvalue weighted by molar-refractivity contribution is 5.81. The van der Waals surface area contributed by atoms with Gasteiger partial charge in [-0.15, -0.1) is 0 Å². The van der Waals surface area contributed by atoms with Crippen molar-refractivity contribution in [2.75, 3.05) is 11.9 Å². The summed E-state index contributed by atoms with van der Waals surface area (Å²) in [6, 6.07) is 5.55. The third kappa shape index (κ3) is 4.99. The van der Waals surface area contributed by atoms with Gasteiger partial charge in [0.25, 0.3) is 0 Å². The van der Waals surface area contributed by atoms with Crippen LogP contribution in [0.2, 0.25) is 0 Å². The lowest BCUT2D eigenvalue weighted by Gasteiger charge is -2.31. The number of nitrogens with zero attached hydrogens (tertiary/aromatic N) is 2. The summed E-state index contributed by atoms with van der Waals surface area (Å²) in [5.74, 6) is -2.29. The standard InChI is InChI=1S/C18H20F4N4O/c19-15-10-13(5-6-16(15)26-8-2-7-24-26)23-11-17(27)25-14-4-1-3-12(9-14)18(20,21)22/h2,5-8,10,12,14,23H,1,3-4,9,11H2,(H,25,27). The smallest absolute Gasteiger partial charge is 0.376 e. The number of benzene rings is 1. The zero-order chi connectivity index (χ0) is 19.4. The predicted molar refractivity (Wildman–Crippen MR) is 92.0 cm³/mol. The molecule has 1 aromatic heterocycles. The lowest BCUT2D eigenvalue weighted by Crippen LogP contribution is -2.43. The van der Waals surface area contributed by atoms with Gasteiger partial charge in [-0.1, -0.05) is 6.42 Å². The van der Waals surface area contributed by atoms with Gasteiger partial charge in [-0.3, -0.25) is 4.79 Å². The number of carbonyl (C=O) groups is 1. The average molecular weight is 384 g/mol. The summed E-state index contributed by atoms with van der Waals surface area (Å²) < 4.78 is 54.0. The molecule has 2 N–H and O–H groups in total. The number of rotatable bonds is 5. The molecule has 1 amide bonds. The van der Waals surface area contributed by atoms with Gasteiger partial charge in [0.2, 0.25) is 5.91 Å². The van der Waals surface area contributed by atoms with Crippen molar-refractivity contribution in [2.24, 2.45) is 5.92 Å². The Morgan fingerprint density at radius 1 is 1.30 bits per heavy atom. The molecule has 2 aromatic rings. The quantitative estimate of drug-likeness (QED) is 0.774. The van der Waals surface area contributed by atoms with Crippen molar-refractivity contribution in [1.82, 2.24) is 15.1 Å². The third-order valence-corrected chi connectivity index (χ3v) is 4.65. The fourth-order valence-electron chi connectivity index (χ4n) is 3.29. The summed E-state index contributed by atoms with van der Waals surface area (Å²) >= 11 is 0. The molecule has 5 nitrogen and oxygen atoms in total. The number of nitrogens with one attached hydrogen (secondary N) is 2. The van der Waals surface area contributed by atoms with E-state index in [-0.39, 0.29) is 25.1 Å². The molecule has 1 heterocycles. The van der Waals surface area contributed by atoms with E-state index in [4.69, 9.17) is 0 Å². The van der Waals surface area contributed by atoms with E-state index in [0.29, 0.717) is 18.5 Å². The lowest BCUT2D eigenvalue weighted by molar-refractivity contribution is -0.184. The first kappa shape index (κ1) is 19.2. The van der Waals surface area contributed by atoms with Crippen molar-refractivity contribution >= 4 is 11.6 Å². The van der Waals surface area contributed by atoms with Crippen LogP contribution in [0.15, 0.2) is 36.7 Å². The SMILES string of the molecule is O=C(CNc1ccc(-n2cccn2)c(F)c1)NC1CCCC(C(F)(F)F)C1. The highest BCUT2D eigenvalue weighted by Crippen LogP contribution is 2.37. The average Bonchev–Trinajstić information content (AvgIpc) is 3.14. The lowest BCUT2D eigenvalue weighted by atomic mass is 9.85. The second kappa shape index (κ2) is 7.98. The molecule has 0 bridgehead atoms. The molecule has 146 valence electrons. The largest absolute Gasteiger partial charge is 0.391 e. The molecule has 0 aliphatic heterocycles. The molecule has 1 aliphatic carbocycles. The molecule has 27 heavy (non-hydrogen) atoms. The Balaban J connectivity index is 1.51. The maximum atomic E-state index is 14.2. The zero-order valence-electron chi connectivity index (χ0n) is 14.5. The molecule has 1 saturated carbocycles. The highest BCUT2D eigenvalue weighted by Gasteiger charge is 2.42. The van der Waals surface area contributed by atoms with E-state index in [1.54, 1.807) is 18.3 Å². The van der Waals surface area contributed by atoms with Crippen LogP contribution in [0.3, 0.4) is 0 Å². The Bertz CT molecular complexity index is 776. The molecule has 2 atom stereocenters. The van der Waals surface area contributed by atoms with Gasteiger partial charge in [0.05, 0.1) is 12.5 Å². The van der Waals surface area contributed by atoms with Gasteiger partial charge < -0.3 is 10.6 Å². The first-order valence-corrected chi connectivity index (χ1v) is 8.72. The molecule has 9 heteroatoms. The molecular formula is C18H20F4N4O. The molecule has 3 rings (SSSR count). The van der Waals surface area contributed by atoms with Crippen LogP contribution in [0.1, 0.15) is 25.7 Å². The molecule has 0 saturated heterocycles. The van der Waals surface area contributed by atoms with Crippen LogP contribution in [-0.2, 0) is 4.79 Å². The van der Waals surface area contributed by atoms with E-state index in [0.717, 1.165) is 0 Å². The van der Waals surface area contributed by atoms with Crippen molar-refractivity contribution in [3.8, 4) is 5.69 Å². The van der Waals surface area contributed by atoms with Gasteiger partial charge >= 0.3 is 6.18 Å². The van der Waals surface area contributed by atoms with Crippen LogP contribution in [0.25, 0.3) is 5.69 Å². The minimum absolute atomic E-state index is 0.0948. The summed E-state index contributed by atoms with van der Waals surface area (Å²) in [5, 5.41) is 9.37. The van der Waals surface area contributed by atoms with Crippen molar-refractivity contribution < 1.29 is 22.4 Å². The van der Waals surface area contributed by atoms with Crippen LogP contribution in [0, 0.1) is 11.7 Å². The zero-order valence-corrected chi connectivity index (χ0v) is 14.5. The summed E-state index contributed by atoms with van der Waals surface area (Å²) in [4.78, 5) is 12.0. The maximum absolute atomic E-state index is 14.2. The van der Waals surface area contributed by atoms with E-state index >= 15 is 0 Å². The number of hydrogen-bond donors (Lipinski definition) is 2. The second-order valence-electron chi connectivity index (χ2n) is 6.64. The van der Waals surface area contributed by atoms with Gasteiger partial charge in [0.15, 0.2) is 5.82 Å². The minimum atomic E-state index is -4.23. The maximum Gasteiger partial charge on any atom is 0.391 e. The summed E-state index contributed by atoms with van der Waals surface area (Å²) in [5.41, 5.74) is 0.672. The highest BCUT2D eigenvalue weighted by atomic mass is 19.4. The summed E-state index contributed by atoms with van der Waals surface area (Å²) in [6.07, 6.45) is -0.107. The Morgan fingerprint density at radius 3 is 2.78 bits per heavy atom. The van der Waals surface area contributed by atoms with Crippen LogP contribution >= 0.6 is 0 Å². The Kier molecular flexibility index (Phi) is 5.67. The van der Waals surface area contributed by atoms with Gasteiger partial charge in [-0.25, -0.2) is 9.07 Å². The van der Waals surface area contributed by atoms with Crippen LogP contribution in [-0.4, -0.2) is 34.5 Å². The number of alkyl halides is 3. The summed E-state index contributed by atoms with van der Waals surface area (Å²) in [7, 11) is 0. The molecule has 1 fully saturated rings. The van der Waals surface area contributed by atoms with Crippen molar-refractivity contribution in [3.05, 3.63) is 42.5 Å². The van der Waals surface area contributed by atoms with Crippen molar-refractivity contribution in [3.63, 3.8) is 0 Å². The predicted octanol–water partition coefficient (Wildman–Crippen LogP) is 3.66. The van der Waals surface area contributed by atoms with Crippen LogP contribution < -0.4 is 10.6 Å². The third-order valence-electron chi connectivity index (χ3n) is 4.65. The monoisotopic (exact) mass is 384 g/mol. The number of halogens is 4. The number of amides is 1. The molecule has 0 spiro atoms. The number of aromatic nitrogens is 2. The van der Waals surface area contributed by atoms with Gasteiger partial charge in [0, 0.05) is 24.1 Å². The van der Waals surface area contributed by atoms with E-state index in [1.165, 1.54) is 23.0 Å². The van der Waals surface area contributed by atoms with Crippen LogP contribution in [0.5, 0.6) is 0 Å². The molecule has 1 aliphatic rings. The fourth-order valence-corrected chi connectivity index (χ4v) is 3.29. The Morgan fingerprint density at radius 2 is 2.11 bits per heavy atom. The van der Waals surface area contributed by atoms with E-state index in [1.807, 2.05) is 0 Å². The van der Waals surface area contributed by atoms with Crippen molar-refractivity contribution in [1.29, 1.82) is 0 Å². The van der Waals surface area contributed by atoms with E-state index in [9.17, 15) is 22.4 Å². The number of carbonyl (C=O) groups excluding carboxylic acids is 1. The first-order valence-electron chi connectivity index (χ1n) is 8.72. The Hall–Kier alpha value is -2.58. The minimum Gasteiger partial charge on any atom is -0.376 e. The summed E-state index contributed by atoms with van der Waals surface area (Å²) in [6.45, 7) is -0.145. The fraction of sp³-hybridized carbons (Fsp3) is 0.444. The molecular weight excluding hydrogens is 364 g/mol. The number of hydrogen-bond acceptors (Lipinski definition) is 3. The topological polar surface area (TPSA) is 59.0 Å². The molecule has 2 unspecified atom stereocenters. The first-order chi connectivity index (χ1) is 12.8. The van der Waals surface area contributed by atoms with Crippen molar-refractivity contribution in [2.45, 2.75) is 37.9 Å². The molecule has 1 aromatic carbocycles.